The number of hydrogen-bond donors (Lipinski definition) is 1. The molecule has 0 saturated carbocycles. The Labute approximate surface area is 128 Å². The van der Waals surface area contributed by atoms with Crippen molar-refractivity contribution in [3.8, 4) is 11.1 Å². The summed E-state index contributed by atoms with van der Waals surface area (Å²) in [6.07, 6.45) is 0.914. The first-order valence-electron chi connectivity index (χ1n) is 7.04. The molecule has 21 heavy (non-hydrogen) atoms. The first-order chi connectivity index (χ1) is 10.3. The Balaban J connectivity index is 2.01. The number of nitrogens with zero attached hydrogens (tertiary/aromatic N) is 1. The van der Waals surface area contributed by atoms with Gasteiger partial charge in [0, 0.05) is 18.2 Å². The lowest BCUT2D eigenvalue weighted by Gasteiger charge is -2.00. The largest absolute Gasteiger partial charge is 0.402 e. The molecule has 1 N–H and O–H groups in total. The fourth-order valence-electron chi connectivity index (χ4n) is 2.57. The van der Waals surface area contributed by atoms with Crippen molar-refractivity contribution in [2.45, 2.75) is 19.9 Å². The van der Waals surface area contributed by atoms with Crippen molar-refractivity contribution in [3.63, 3.8) is 0 Å². The number of fused-ring (bicyclic) bond motifs is 1. The molecule has 1 aromatic heterocycles. The van der Waals surface area contributed by atoms with Gasteiger partial charge in [0.15, 0.2) is 6.54 Å². The van der Waals surface area contributed by atoms with Crippen molar-refractivity contribution in [1.29, 1.82) is 0 Å². The van der Waals surface area contributed by atoms with Gasteiger partial charge in [0.25, 0.3) is 5.52 Å². The number of aromatic nitrogens is 1. The summed E-state index contributed by atoms with van der Waals surface area (Å²) in [5.74, 6) is 1.63. The molecule has 3 nitrogen and oxygen atoms in total. The minimum atomic E-state index is 0.734. The van der Waals surface area contributed by atoms with Crippen molar-refractivity contribution in [1.82, 2.24) is 0 Å². The van der Waals surface area contributed by atoms with Gasteiger partial charge < -0.3 is 8.97 Å². The van der Waals surface area contributed by atoms with E-state index in [0.29, 0.717) is 0 Å². The van der Waals surface area contributed by atoms with Crippen LogP contribution in [0, 0.1) is 6.92 Å². The van der Waals surface area contributed by atoms with Crippen LogP contribution in [0.15, 0.2) is 52.9 Å². The maximum Gasteiger partial charge on any atom is 0.344 e. The Morgan fingerprint density at radius 3 is 2.67 bits per heavy atom. The molecule has 2 aromatic carbocycles. The lowest BCUT2D eigenvalue weighted by atomic mass is 10.1. The van der Waals surface area contributed by atoms with Crippen molar-refractivity contribution in [2.24, 2.45) is 0 Å². The molecule has 0 unspecified atom stereocenters. The third kappa shape index (κ3) is 2.96. The van der Waals surface area contributed by atoms with Gasteiger partial charge in [0.05, 0.1) is 6.92 Å². The summed E-state index contributed by atoms with van der Waals surface area (Å²) in [5.41, 5.74) is 4.41. The normalized spacial score (nSPS) is 11.1. The minimum absolute atomic E-state index is 0.734. The van der Waals surface area contributed by atoms with Gasteiger partial charge in [-0.15, -0.1) is 0 Å². The van der Waals surface area contributed by atoms with E-state index in [1.807, 2.05) is 31.2 Å². The summed E-state index contributed by atoms with van der Waals surface area (Å²) in [6, 6.07) is 16.6. The number of rotatable bonds is 5. The summed E-state index contributed by atoms with van der Waals surface area (Å²) in [6.45, 7) is 2.83. The maximum absolute atomic E-state index is 8.85. The second kappa shape index (κ2) is 6.33. The summed E-state index contributed by atoms with van der Waals surface area (Å²) in [5, 5.41) is 0. The third-order valence-corrected chi connectivity index (χ3v) is 4.08. The summed E-state index contributed by atoms with van der Waals surface area (Å²) < 4.78 is 16.8. The standard InChI is InChI=1S/C17H17NO2S/c1-13-18(10-5-11-21-19)16-12-15(8-9-17(16)20-13)14-6-3-2-4-7-14/h2-4,6-9,12H,5,10-11H2,1H3/p+1. The van der Waals surface area contributed by atoms with Crippen molar-refractivity contribution in [3.05, 3.63) is 54.4 Å². The monoisotopic (exact) mass is 300 g/mol. The number of benzene rings is 2. The number of oxazole rings is 1. The van der Waals surface area contributed by atoms with E-state index >= 15 is 0 Å². The first-order valence-corrected chi connectivity index (χ1v) is 7.98. The minimum Gasteiger partial charge on any atom is -0.402 e. The van der Waals surface area contributed by atoms with E-state index < -0.39 is 0 Å². The van der Waals surface area contributed by atoms with Crippen LogP contribution < -0.4 is 4.57 Å². The fraction of sp³-hybridized carbons (Fsp3) is 0.235. The maximum atomic E-state index is 8.85. The van der Waals surface area contributed by atoms with E-state index in [2.05, 4.69) is 28.8 Å². The average molecular weight is 300 g/mol. The quantitative estimate of drug-likeness (QED) is 0.434. The Morgan fingerprint density at radius 2 is 1.90 bits per heavy atom. The zero-order chi connectivity index (χ0) is 14.7. The predicted octanol–water partition coefficient (Wildman–Crippen LogP) is 4.29. The molecular formula is C17H18NO2S+. The smallest absolute Gasteiger partial charge is 0.344 e. The lowest BCUT2D eigenvalue weighted by Crippen LogP contribution is -2.35. The van der Waals surface area contributed by atoms with E-state index in [4.69, 9.17) is 8.97 Å². The van der Waals surface area contributed by atoms with E-state index in [1.165, 1.54) is 11.1 Å². The van der Waals surface area contributed by atoms with Crippen LogP contribution in [0.2, 0.25) is 0 Å². The molecule has 0 radical (unpaired) electrons. The third-order valence-electron chi connectivity index (χ3n) is 3.61. The highest BCUT2D eigenvalue weighted by atomic mass is 32.2. The molecule has 4 heteroatoms. The van der Waals surface area contributed by atoms with Crippen molar-refractivity contribution < 1.29 is 13.5 Å². The number of aryl methyl sites for hydroxylation is 2. The summed E-state index contributed by atoms with van der Waals surface area (Å²) >= 11 is 0.891. The molecule has 0 atom stereocenters. The van der Waals surface area contributed by atoms with Gasteiger partial charge >= 0.3 is 5.89 Å². The van der Waals surface area contributed by atoms with Crippen LogP contribution in [0.1, 0.15) is 12.3 Å². The zero-order valence-electron chi connectivity index (χ0n) is 12.0. The van der Waals surface area contributed by atoms with Crippen LogP contribution in [0.5, 0.6) is 0 Å². The van der Waals surface area contributed by atoms with E-state index in [9.17, 15) is 0 Å². The molecule has 1 heterocycles. The summed E-state index contributed by atoms with van der Waals surface area (Å²) in [7, 11) is 0. The number of hydrogen-bond acceptors (Lipinski definition) is 3. The van der Waals surface area contributed by atoms with Gasteiger partial charge in [-0.25, -0.2) is 0 Å². The first kappa shape index (κ1) is 14.2. The van der Waals surface area contributed by atoms with Crippen LogP contribution in [-0.2, 0) is 6.54 Å². The van der Waals surface area contributed by atoms with E-state index in [0.717, 1.165) is 47.8 Å². The zero-order valence-corrected chi connectivity index (χ0v) is 12.8. The van der Waals surface area contributed by atoms with Gasteiger partial charge in [-0.3, -0.25) is 0 Å². The molecule has 0 saturated heterocycles. The van der Waals surface area contributed by atoms with Gasteiger partial charge in [0.2, 0.25) is 5.58 Å². The molecule has 0 aliphatic carbocycles. The highest BCUT2D eigenvalue weighted by Crippen LogP contribution is 2.23. The highest BCUT2D eigenvalue weighted by molar-refractivity contribution is 7.93. The van der Waals surface area contributed by atoms with Crippen LogP contribution in [0.25, 0.3) is 22.2 Å². The topological polar surface area (TPSA) is 37.2 Å². The van der Waals surface area contributed by atoms with Gasteiger partial charge in [0.1, 0.15) is 0 Å². The van der Waals surface area contributed by atoms with Crippen molar-refractivity contribution >= 4 is 23.1 Å². The van der Waals surface area contributed by atoms with Gasteiger partial charge in [-0.1, -0.05) is 36.4 Å². The Bertz CT molecular complexity index is 737. The van der Waals surface area contributed by atoms with E-state index in [-0.39, 0.29) is 0 Å². The molecule has 3 rings (SSSR count). The Morgan fingerprint density at radius 1 is 1.10 bits per heavy atom. The summed E-state index contributed by atoms with van der Waals surface area (Å²) in [4.78, 5) is 0. The molecule has 0 spiro atoms. The SMILES string of the molecule is Cc1oc2ccc(-c3ccccc3)cc2[n+]1CCCSO. The second-order valence-corrected chi connectivity index (χ2v) is 5.67. The molecule has 0 aliphatic rings. The molecule has 0 aliphatic heterocycles. The molecular weight excluding hydrogens is 282 g/mol. The van der Waals surface area contributed by atoms with E-state index in [1.54, 1.807) is 0 Å². The second-order valence-electron chi connectivity index (χ2n) is 5.01. The molecule has 0 fully saturated rings. The van der Waals surface area contributed by atoms with Gasteiger partial charge in [-0.05, 0) is 29.2 Å². The lowest BCUT2D eigenvalue weighted by molar-refractivity contribution is -0.682. The van der Waals surface area contributed by atoms with Crippen LogP contribution in [-0.4, -0.2) is 10.3 Å². The van der Waals surface area contributed by atoms with Crippen LogP contribution >= 0.6 is 12.0 Å². The molecule has 3 aromatic rings. The predicted molar refractivity (Wildman–Crippen MR) is 86.3 cm³/mol. The van der Waals surface area contributed by atoms with Crippen LogP contribution in [0.4, 0.5) is 0 Å². The Hall–Kier alpha value is -1.78. The molecule has 108 valence electrons. The molecule has 0 amide bonds. The Kier molecular flexibility index (Phi) is 4.27. The van der Waals surface area contributed by atoms with Crippen LogP contribution in [0.3, 0.4) is 0 Å². The van der Waals surface area contributed by atoms with Crippen molar-refractivity contribution in [2.75, 3.05) is 5.75 Å². The highest BCUT2D eigenvalue weighted by Gasteiger charge is 2.19. The van der Waals surface area contributed by atoms with Gasteiger partial charge in [-0.2, -0.15) is 4.57 Å². The average Bonchev–Trinajstić information content (AvgIpc) is 2.84. The molecule has 0 bridgehead atoms. The fourth-order valence-corrected chi connectivity index (χ4v) is 2.83.